The molecule has 1 aliphatic rings. The number of hydrogen-bond acceptors (Lipinski definition) is 4. The van der Waals surface area contributed by atoms with Gasteiger partial charge in [-0.15, -0.1) is 12.4 Å². The molecule has 0 saturated heterocycles. The van der Waals surface area contributed by atoms with E-state index in [0.717, 1.165) is 18.6 Å². The summed E-state index contributed by atoms with van der Waals surface area (Å²) < 4.78 is 0. The van der Waals surface area contributed by atoms with Gasteiger partial charge in [-0.2, -0.15) is 11.8 Å². The van der Waals surface area contributed by atoms with Crippen LogP contribution in [-0.4, -0.2) is 35.9 Å². The molecule has 7 heteroatoms. The van der Waals surface area contributed by atoms with Gasteiger partial charge in [0.2, 0.25) is 5.91 Å². The second-order valence-electron chi connectivity index (χ2n) is 6.26. The predicted molar refractivity (Wildman–Crippen MR) is 108 cm³/mol. The monoisotopic (exact) mass is 385 g/mol. The lowest BCUT2D eigenvalue weighted by molar-refractivity contribution is -0.117. The standard InChI is InChI=1S/C18H27N3O2S.ClH/c1-24-12-11-16(19)18(23)21-15-9-7-13(8-10-15)17(22)20-14-5-3-2-4-6-14;/h7-10,14,16H,2-6,11-12,19H2,1H3,(H,20,22)(H,21,23);1H/t16-;/m0./s1. The molecule has 1 aromatic rings. The minimum Gasteiger partial charge on any atom is -0.349 e. The molecule has 0 radical (unpaired) electrons. The maximum atomic E-state index is 12.3. The van der Waals surface area contributed by atoms with Crippen LogP contribution < -0.4 is 16.4 Å². The highest BCUT2D eigenvalue weighted by molar-refractivity contribution is 7.98. The number of nitrogens with two attached hydrogens (primary N) is 1. The molecule has 0 heterocycles. The Hall–Kier alpha value is -1.24. The van der Waals surface area contributed by atoms with Crippen LogP contribution in [-0.2, 0) is 4.79 Å². The summed E-state index contributed by atoms with van der Waals surface area (Å²) in [4.78, 5) is 24.2. The Kier molecular flexibility index (Phi) is 9.93. The summed E-state index contributed by atoms with van der Waals surface area (Å²) in [5.74, 6) is 0.620. The van der Waals surface area contributed by atoms with Gasteiger partial charge in [0.1, 0.15) is 0 Å². The van der Waals surface area contributed by atoms with Gasteiger partial charge in [0.15, 0.2) is 0 Å². The molecular weight excluding hydrogens is 358 g/mol. The van der Waals surface area contributed by atoms with Crippen molar-refractivity contribution in [3.05, 3.63) is 29.8 Å². The number of halogens is 1. The van der Waals surface area contributed by atoms with Crippen LogP contribution in [0, 0.1) is 0 Å². The quantitative estimate of drug-likeness (QED) is 0.672. The molecule has 1 aromatic carbocycles. The SMILES string of the molecule is CSCC[C@H](N)C(=O)Nc1ccc(C(=O)NC2CCCCC2)cc1.Cl. The minimum absolute atomic E-state index is 0. The van der Waals surface area contributed by atoms with Crippen molar-refractivity contribution in [2.75, 3.05) is 17.3 Å². The Bertz CT molecular complexity index is 548. The second-order valence-corrected chi connectivity index (χ2v) is 7.25. The molecule has 1 saturated carbocycles. The molecule has 140 valence electrons. The molecule has 4 N–H and O–H groups in total. The fraction of sp³-hybridized carbons (Fsp3) is 0.556. The number of thioether (sulfide) groups is 1. The fourth-order valence-corrected chi connectivity index (χ4v) is 3.32. The van der Waals surface area contributed by atoms with Crippen molar-refractivity contribution in [1.29, 1.82) is 0 Å². The van der Waals surface area contributed by atoms with Crippen molar-refractivity contribution < 1.29 is 9.59 Å². The van der Waals surface area contributed by atoms with Crippen LogP contribution in [0.3, 0.4) is 0 Å². The van der Waals surface area contributed by atoms with Crippen molar-refractivity contribution in [2.24, 2.45) is 5.73 Å². The average molecular weight is 386 g/mol. The lowest BCUT2D eigenvalue weighted by atomic mass is 9.95. The predicted octanol–water partition coefficient (Wildman–Crippen LogP) is 3.19. The summed E-state index contributed by atoms with van der Waals surface area (Å²) in [5.41, 5.74) is 7.12. The molecule has 0 spiro atoms. The van der Waals surface area contributed by atoms with E-state index in [9.17, 15) is 9.59 Å². The second kappa shape index (κ2) is 11.4. The summed E-state index contributed by atoms with van der Waals surface area (Å²) in [5, 5.41) is 5.88. The minimum atomic E-state index is -0.508. The Morgan fingerprint density at radius 1 is 1.20 bits per heavy atom. The van der Waals surface area contributed by atoms with Crippen molar-refractivity contribution in [1.82, 2.24) is 5.32 Å². The number of hydrogen-bond donors (Lipinski definition) is 3. The van der Waals surface area contributed by atoms with Crippen LogP contribution >= 0.6 is 24.2 Å². The van der Waals surface area contributed by atoms with Crippen molar-refractivity contribution >= 4 is 41.7 Å². The van der Waals surface area contributed by atoms with Crippen LogP contribution in [0.2, 0.25) is 0 Å². The Morgan fingerprint density at radius 3 is 2.44 bits per heavy atom. The summed E-state index contributed by atoms with van der Waals surface area (Å²) in [6, 6.07) is 6.75. The number of carbonyl (C=O) groups is 2. The number of rotatable bonds is 7. The van der Waals surface area contributed by atoms with E-state index in [-0.39, 0.29) is 24.2 Å². The van der Waals surface area contributed by atoms with Gasteiger partial charge in [0, 0.05) is 17.3 Å². The molecule has 2 amide bonds. The smallest absolute Gasteiger partial charge is 0.251 e. The number of benzene rings is 1. The van der Waals surface area contributed by atoms with Gasteiger partial charge in [-0.1, -0.05) is 19.3 Å². The molecule has 5 nitrogen and oxygen atoms in total. The number of carbonyl (C=O) groups excluding carboxylic acids is 2. The molecule has 1 atom stereocenters. The van der Waals surface area contributed by atoms with E-state index in [1.165, 1.54) is 19.3 Å². The van der Waals surface area contributed by atoms with E-state index >= 15 is 0 Å². The molecule has 0 bridgehead atoms. The molecule has 0 aromatic heterocycles. The third-order valence-electron chi connectivity index (χ3n) is 4.32. The van der Waals surface area contributed by atoms with Crippen molar-refractivity contribution in [2.45, 2.75) is 50.6 Å². The van der Waals surface area contributed by atoms with E-state index in [4.69, 9.17) is 5.73 Å². The van der Waals surface area contributed by atoms with E-state index in [1.807, 2.05) is 6.26 Å². The normalized spacial score (nSPS) is 15.8. The zero-order valence-electron chi connectivity index (χ0n) is 14.6. The van der Waals surface area contributed by atoms with Gasteiger partial charge in [0.05, 0.1) is 6.04 Å². The lowest BCUT2D eigenvalue weighted by Gasteiger charge is -2.22. The summed E-state index contributed by atoms with van der Waals surface area (Å²) in [6.45, 7) is 0. The molecule has 25 heavy (non-hydrogen) atoms. The van der Waals surface area contributed by atoms with Crippen LogP contribution in [0.1, 0.15) is 48.9 Å². The molecule has 1 aliphatic carbocycles. The van der Waals surface area contributed by atoms with Crippen molar-refractivity contribution in [3.8, 4) is 0 Å². The Balaban J connectivity index is 0.00000312. The van der Waals surface area contributed by atoms with Crippen LogP contribution in [0.15, 0.2) is 24.3 Å². The van der Waals surface area contributed by atoms with Crippen molar-refractivity contribution in [3.63, 3.8) is 0 Å². The van der Waals surface area contributed by atoms with Gasteiger partial charge in [0.25, 0.3) is 5.91 Å². The maximum Gasteiger partial charge on any atom is 0.251 e. The van der Waals surface area contributed by atoms with E-state index in [1.54, 1.807) is 36.0 Å². The number of amides is 2. The van der Waals surface area contributed by atoms with Crippen LogP contribution in [0.5, 0.6) is 0 Å². The zero-order valence-corrected chi connectivity index (χ0v) is 16.3. The highest BCUT2D eigenvalue weighted by atomic mass is 35.5. The first-order chi connectivity index (χ1) is 11.6. The van der Waals surface area contributed by atoms with Crippen LogP contribution in [0.25, 0.3) is 0 Å². The van der Waals surface area contributed by atoms with E-state index in [2.05, 4.69) is 10.6 Å². The summed E-state index contributed by atoms with van der Waals surface area (Å²) >= 11 is 1.67. The first kappa shape index (κ1) is 21.8. The highest BCUT2D eigenvalue weighted by Gasteiger charge is 2.17. The maximum absolute atomic E-state index is 12.3. The molecular formula is C18H28ClN3O2S. The van der Waals surface area contributed by atoms with E-state index in [0.29, 0.717) is 23.7 Å². The Labute approximate surface area is 160 Å². The van der Waals surface area contributed by atoms with Gasteiger partial charge in [-0.25, -0.2) is 0 Å². The molecule has 0 aliphatic heterocycles. The van der Waals surface area contributed by atoms with Gasteiger partial charge in [-0.05, 0) is 55.5 Å². The molecule has 0 unspecified atom stereocenters. The fourth-order valence-electron chi connectivity index (χ4n) is 2.83. The van der Waals surface area contributed by atoms with E-state index < -0.39 is 6.04 Å². The topological polar surface area (TPSA) is 84.2 Å². The first-order valence-corrected chi connectivity index (χ1v) is 9.96. The molecule has 1 fully saturated rings. The highest BCUT2D eigenvalue weighted by Crippen LogP contribution is 2.18. The largest absolute Gasteiger partial charge is 0.349 e. The van der Waals surface area contributed by atoms with Crippen LogP contribution in [0.4, 0.5) is 5.69 Å². The van der Waals surface area contributed by atoms with Gasteiger partial charge in [-0.3, -0.25) is 9.59 Å². The van der Waals surface area contributed by atoms with Gasteiger partial charge >= 0.3 is 0 Å². The lowest BCUT2D eigenvalue weighted by Crippen LogP contribution is -2.36. The summed E-state index contributed by atoms with van der Waals surface area (Å²) in [7, 11) is 0. The Morgan fingerprint density at radius 2 is 1.84 bits per heavy atom. The summed E-state index contributed by atoms with van der Waals surface area (Å²) in [6.07, 6.45) is 8.40. The number of nitrogens with one attached hydrogen (secondary N) is 2. The zero-order chi connectivity index (χ0) is 17.4. The number of anilines is 1. The third kappa shape index (κ3) is 7.26. The molecule has 2 rings (SSSR count). The average Bonchev–Trinajstić information content (AvgIpc) is 2.61. The first-order valence-electron chi connectivity index (χ1n) is 8.56. The van der Waals surface area contributed by atoms with Gasteiger partial charge < -0.3 is 16.4 Å². The third-order valence-corrected chi connectivity index (χ3v) is 4.97.